The Kier molecular flexibility index (Phi) is 4.47. The summed E-state index contributed by atoms with van der Waals surface area (Å²) in [6.45, 7) is 2.80. The van der Waals surface area contributed by atoms with Crippen molar-refractivity contribution in [3.8, 4) is 0 Å². The highest BCUT2D eigenvalue weighted by Gasteiger charge is 2.21. The van der Waals surface area contributed by atoms with Crippen molar-refractivity contribution < 1.29 is 23.9 Å². The maximum atomic E-state index is 11.6. The molecule has 3 N–H and O–H groups in total. The van der Waals surface area contributed by atoms with Crippen LogP contribution in [0.2, 0.25) is 0 Å². The molecule has 1 rings (SSSR count). The minimum Gasteiger partial charge on any atom is -0.480 e. The van der Waals surface area contributed by atoms with Gasteiger partial charge < -0.3 is 20.2 Å². The minimum absolute atomic E-state index is 0.293. The summed E-state index contributed by atoms with van der Waals surface area (Å²) in [5.41, 5.74) is 0.293. The number of carbonyl (C=O) groups excluding carboxylic acids is 2. The van der Waals surface area contributed by atoms with Gasteiger partial charge in [-0.2, -0.15) is 0 Å². The van der Waals surface area contributed by atoms with E-state index in [0.29, 0.717) is 5.56 Å². The predicted molar refractivity (Wildman–Crippen MR) is 60.9 cm³/mol. The molecule has 98 valence electrons. The number of hydrogen-bond donors (Lipinski definition) is 3. The molecule has 0 aliphatic carbocycles. The van der Waals surface area contributed by atoms with Crippen LogP contribution in [0.3, 0.4) is 0 Å². The summed E-state index contributed by atoms with van der Waals surface area (Å²) in [5.74, 6) is -2.17. The van der Waals surface area contributed by atoms with Crippen molar-refractivity contribution in [1.82, 2.24) is 10.6 Å². The van der Waals surface area contributed by atoms with Gasteiger partial charge in [0.2, 0.25) is 5.91 Å². The number of rotatable bonds is 5. The van der Waals surface area contributed by atoms with Crippen molar-refractivity contribution in [2.24, 2.45) is 0 Å². The lowest BCUT2D eigenvalue weighted by Gasteiger charge is -2.15. The topological polar surface area (TPSA) is 109 Å². The molecule has 1 aromatic heterocycles. The Labute approximate surface area is 103 Å². The Morgan fingerprint density at radius 3 is 2.39 bits per heavy atom. The summed E-state index contributed by atoms with van der Waals surface area (Å²) < 4.78 is 4.73. The lowest BCUT2D eigenvalue weighted by molar-refractivity contribution is -0.141. The zero-order valence-electron chi connectivity index (χ0n) is 9.97. The van der Waals surface area contributed by atoms with E-state index in [4.69, 9.17) is 9.52 Å². The van der Waals surface area contributed by atoms with Crippen LogP contribution in [0.1, 0.15) is 24.2 Å². The van der Waals surface area contributed by atoms with Crippen molar-refractivity contribution in [2.75, 3.05) is 0 Å². The van der Waals surface area contributed by atoms with E-state index in [1.807, 2.05) is 0 Å². The molecule has 0 fully saturated rings. The van der Waals surface area contributed by atoms with Gasteiger partial charge in [0.25, 0.3) is 5.91 Å². The van der Waals surface area contributed by atoms with Crippen LogP contribution in [0.25, 0.3) is 0 Å². The molecule has 1 unspecified atom stereocenters. The Morgan fingerprint density at radius 1 is 1.22 bits per heavy atom. The molecule has 0 aromatic carbocycles. The quantitative estimate of drug-likeness (QED) is 0.684. The van der Waals surface area contributed by atoms with E-state index in [-0.39, 0.29) is 0 Å². The molecule has 2 amide bonds. The number of carboxylic acid groups (broad SMARTS) is 1. The van der Waals surface area contributed by atoms with Gasteiger partial charge in [-0.3, -0.25) is 14.4 Å². The smallest absolute Gasteiger partial charge is 0.325 e. The van der Waals surface area contributed by atoms with Crippen LogP contribution in [0.15, 0.2) is 23.0 Å². The van der Waals surface area contributed by atoms with Gasteiger partial charge in [-0.15, -0.1) is 0 Å². The van der Waals surface area contributed by atoms with Crippen LogP contribution in [0.4, 0.5) is 0 Å². The van der Waals surface area contributed by atoms with E-state index in [9.17, 15) is 14.4 Å². The molecular formula is C11H14N2O5. The summed E-state index contributed by atoms with van der Waals surface area (Å²) >= 11 is 0. The van der Waals surface area contributed by atoms with Crippen LogP contribution in [-0.4, -0.2) is 35.0 Å². The van der Waals surface area contributed by atoms with Gasteiger partial charge >= 0.3 is 5.97 Å². The summed E-state index contributed by atoms with van der Waals surface area (Å²) in [5, 5.41) is 13.3. The average Bonchev–Trinajstić information content (AvgIpc) is 2.81. The van der Waals surface area contributed by atoms with E-state index in [1.165, 1.54) is 32.4 Å². The molecule has 0 radical (unpaired) electrons. The number of hydrogen-bond acceptors (Lipinski definition) is 4. The van der Waals surface area contributed by atoms with E-state index in [2.05, 4.69) is 10.6 Å². The second-order valence-electron chi connectivity index (χ2n) is 3.78. The summed E-state index contributed by atoms with van der Waals surface area (Å²) in [4.78, 5) is 33.7. The highest BCUT2D eigenvalue weighted by Crippen LogP contribution is 2.00. The molecule has 0 saturated heterocycles. The molecule has 7 nitrogen and oxygen atoms in total. The Morgan fingerprint density at radius 2 is 1.89 bits per heavy atom. The second kappa shape index (κ2) is 5.85. The minimum atomic E-state index is -1.14. The van der Waals surface area contributed by atoms with Crippen LogP contribution in [0, 0.1) is 0 Å². The fourth-order valence-corrected chi connectivity index (χ4v) is 1.14. The summed E-state index contributed by atoms with van der Waals surface area (Å²) in [6, 6.07) is -0.389. The van der Waals surface area contributed by atoms with Crippen molar-refractivity contribution >= 4 is 17.8 Å². The monoisotopic (exact) mass is 254 g/mol. The molecule has 2 atom stereocenters. The first-order valence-corrected chi connectivity index (χ1v) is 5.28. The standard InChI is InChI=1S/C11H14N2O5/c1-6(9(14)13-7(2)11(16)17)12-10(15)8-3-4-18-5-8/h3-7H,1-2H3,(H,12,15)(H,13,14)(H,16,17)/t6?,7-/m0/s1. The van der Waals surface area contributed by atoms with Crippen molar-refractivity contribution in [3.63, 3.8) is 0 Å². The number of furan rings is 1. The van der Waals surface area contributed by atoms with Gasteiger partial charge in [0, 0.05) is 0 Å². The molecule has 0 spiro atoms. The second-order valence-corrected chi connectivity index (χ2v) is 3.78. The number of aliphatic carboxylic acids is 1. The zero-order valence-corrected chi connectivity index (χ0v) is 9.97. The van der Waals surface area contributed by atoms with E-state index >= 15 is 0 Å². The van der Waals surface area contributed by atoms with Crippen LogP contribution in [-0.2, 0) is 9.59 Å². The van der Waals surface area contributed by atoms with Gasteiger partial charge in [0.05, 0.1) is 11.8 Å². The number of carbonyl (C=O) groups is 3. The third-order valence-corrected chi connectivity index (χ3v) is 2.25. The van der Waals surface area contributed by atoms with Crippen LogP contribution < -0.4 is 10.6 Å². The van der Waals surface area contributed by atoms with Gasteiger partial charge in [-0.1, -0.05) is 0 Å². The maximum absolute atomic E-state index is 11.6. The molecule has 7 heteroatoms. The van der Waals surface area contributed by atoms with Gasteiger partial charge in [0.15, 0.2) is 0 Å². The van der Waals surface area contributed by atoms with Crippen molar-refractivity contribution in [2.45, 2.75) is 25.9 Å². The van der Waals surface area contributed by atoms with E-state index < -0.39 is 29.9 Å². The van der Waals surface area contributed by atoms with E-state index in [1.54, 1.807) is 0 Å². The lowest BCUT2D eigenvalue weighted by atomic mass is 10.2. The molecule has 0 bridgehead atoms. The molecular weight excluding hydrogens is 240 g/mol. The lowest BCUT2D eigenvalue weighted by Crippen LogP contribution is -2.49. The Balaban J connectivity index is 2.50. The molecule has 0 aliphatic heterocycles. The molecule has 1 aromatic rings. The normalized spacial score (nSPS) is 13.4. The summed E-state index contributed by atoms with van der Waals surface area (Å²) in [6.07, 6.45) is 2.59. The highest BCUT2D eigenvalue weighted by molar-refractivity contribution is 5.97. The first kappa shape index (κ1) is 13.8. The Bertz CT molecular complexity index is 440. The summed E-state index contributed by atoms with van der Waals surface area (Å²) in [7, 11) is 0. The van der Waals surface area contributed by atoms with Gasteiger partial charge in [-0.25, -0.2) is 0 Å². The Hall–Kier alpha value is -2.31. The molecule has 0 aliphatic rings. The first-order chi connectivity index (χ1) is 8.41. The van der Waals surface area contributed by atoms with Gasteiger partial charge in [-0.05, 0) is 19.9 Å². The molecule has 18 heavy (non-hydrogen) atoms. The van der Waals surface area contributed by atoms with Crippen LogP contribution >= 0.6 is 0 Å². The molecule has 0 saturated carbocycles. The first-order valence-electron chi connectivity index (χ1n) is 5.28. The van der Waals surface area contributed by atoms with Gasteiger partial charge in [0.1, 0.15) is 18.3 Å². The SMILES string of the molecule is CC(NC(=O)c1ccoc1)C(=O)N[C@@H](C)C(=O)O. The number of nitrogens with one attached hydrogen (secondary N) is 2. The van der Waals surface area contributed by atoms with Crippen molar-refractivity contribution in [3.05, 3.63) is 24.2 Å². The third-order valence-electron chi connectivity index (χ3n) is 2.25. The number of amides is 2. The zero-order chi connectivity index (χ0) is 13.7. The highest BCUT2D eigenvalue weighted by atomic mass is 16.4. The average molecular weight is 254 g/mol. The molecule has 1 heterocycles. The van der Waals surface area contributed by atoms with E-state index in [0.717, 1.165) is 0 Å². The fraction of sp³-hybridized carbons (Fsp3) is 0.364. The maximum Gasteiger partial charge on any atom is 0.325 e. The fourth-order valence-electron chi connectivity index (χ4n) is 1.14. The predicted octanol–water partition coefficient (Wildman–Crippen LogP) is -0.0128. The number of carboxylic acids is 1. The third kappa shape index (κ3) is 3.62. The largest absolute Gasteiger partial charge is 0.480 e. The van der Waals surface area contributed by atoms with Crippen molar-refractivity contribution in [1.29, 1.82) is 0 Å². The van der Waals surface area contributed by atoms with Crippen LogP contribution in [0.5, 0.6) is 0 Å².